The fraction of sp³-hybridized carbons (Fsp3) is 0.909. The molecule has 0 unspecified atom stereocenters. The molecule has 102 valence electrons. The molecule has 0 aliphatic carbocycles. The Balaban J connectivity index is 3.01. The molecule has 0 aromatic heterocycles. The number of methoxy groups -OCH3 is 2. The van der Waals surface area contributed by atoms with Crippen LogP contribution >= 0.6 is 0 Å². The van der Waals surface area contributed by atoms with Crippen molar-refractivity contribution in [2.75, 3.05) is 67.1 Å². The van der Waals surface area contributed by atoms with Crippen LogP contribution in [0.4, 0.5) is 0 Å². The van der Waals surface area contributed by atoms with E-state index in [2.05, 4.69) is 4.74 Å². The summed E-state index contributed by atoms with van der Waals surface area (Å²) in [6.07, 6.45) is 0. The number of rotatable bonds is 13. The normalized spacial score (nSPS) is 10.7. The predicted octanol–water partition coefficient (Wildman–Crippen LogP) is -0.102. The van der Waals surface area contributed by atoms with E-state index in [-0.39, 0.29) is 19.0 Å². The van der Waals surface area contributed by atoms with E-state index in [9.17, 15) is 4.79 Å². The molecular formula is C11H22O6. The Bertz CT molecular complexity index is 173. The summed E-state index contributed by atoms with van der Waals surface area (Å²) in [4.78, 5) is 11.0. The highest BCUT2D eigenvalue weighted by atomic mass is 16.6. The molecule has 6 heteroatoms. The van der Waals surface area contributed by atoms with Crippen LogP contribution in [0.25, 0.3) is 0 Å². The monoisotopic (exact) mass is 250 g/mol. The molecule has 0 aromatic carbocycles. The zero-order valence-corrected chi connectivity index (χ0v) is 10.6. The molecule has 0 aromatic rings. The summed E-state index contributed by atoms with van der Waals surface area (Å²) < 4.78 is 25.0. The van der Waals surface area contributed by atoms with Gasteiger partial charge in [-0.05, 0) is 0 Å². The molecule has 0 saturated heterocycles. The molecule has 0 N–H and O–H groups in total. The zero-order chi connectivity index (χ0) is 12.8. The summed E-state index contributed by atoms with van der Waals surface area (Å²) >= 11 is 0. The Kier molecular flexibility index (Phi) is 13.1. The van der Waals surface area contributed by atoms with Crippen LogP contribution < -0.4 is 0 Å². The second kappa shape index (κ2) is 13.5. The lowest BCUT2D eigenvalue weighted by Crippen LogP contribution is -2.17. The van der Waals surface area contributed by atoms with Gasteiger partial charge in [0.25, 0.3) is 0 Å². The van der Waals surface area contributed by atoms with Gasteiger partial charge in [0, 0.05) is 14.2 Å². The number of ether oxygens (including phenoxy) is 5. The average Bonchev–Trinajstić information content (AvgIpc) is 2.32. The molecule has 0 aliphatic rings. The highest BCUT2D eigenvalue weighted by Crippen LogP contribution is 1.83. The van der Waals surface area contributed by atoms with Gasteiger partial charge in [-0.15, -0.1) is 0 Å². The Morgan fingerprint density at radius 2 is 1.24 bits per heavy atom. The second-order valence-corrected chi connectivity index (χ2v) is 3.24. The van der Waals surface area contributed by atoms with Crippen LogP contribution in [0.3, 0.4) is 0 Å². The van der Waals surface area contributed by atoms with Crippen molar-refractivity contribution < 1.29 is 28.5 Å². The summed E-state index contributed by atoms with van der Waals surface area (Å²) in [6, 6.07) is 0. The summed E-state index contributed by atoms with van der Waals surface area (Å²) in [7, 11) is 3.10. The van der Waals surface area contributed by atoms with E-state index >= 15 is 0 Å². The maximum Gasteiger partial charge on any atom is 0.183 e. The van der Waals surface area contributed by atoms with Crippen molar-refractivity contribution in [1.29, 1.82) is 0 Å². The summed E-state index contributed by atoms with van der Waals surface area (Å²) in [5.41, 5.74) is 0. The molecule has 0 heterocycles. The van der Waals surface area contributed by atoms with Crippen molar-refractivity contribution in [2.24, 2.45) is 0 Å². The van der Waals surface area contributed by atoms with E-state index in [0.29, 0.717) is 39.6 Å². The minimum atomic E-state index is -0.0737. The summed E-state index contributed by atoms with van der Waals surface area (Å²) in [6.45, 7) is 3.22. The molecule has 0 bridgehead atoms. The molecule has 0 radical (unpaired) electrons. The van der Waals surface area contributed by atoms with E-state index in [4.69, 9.17) is 18.9 Å². The fourth-order valence-corrected chi connectivity index (χ4v) is 0.971. The summed E-state index contributed by atoms with van der Waals surface area (Å²) in [5.74, 6) is -0.0737. The Morgan fingerprint density at radius 1 is 0.706 bits per heavy atom. The van der Waals surface area contributed by atoms with Crippen molar-refractivity contribution in [3.05, 3.63) is 0 Å². The third-order valence-corrected chi connectivity index (χ3v) is 1.74. The van der Waals surface area contributed by atoms with Crippen molar-refractivity contribution in [3.8, 4) is 0 Å². The van der Waals surface area contributed by atoms with Gasteiger partial charge in [-0.25, -0.2) is 0 Å². The van der Waals surface area contributed by atoms with Gasteiger partial charge in [0.05, 0.1) is 39.6 Å². The number of Topliss-reactive ketones (excluding diaryl/α,β-unsaturated/α-hetero) is 1. The van der Waals surface area contributed by atoms with E-state index < -0.39 is 0 Å². The van der Waals surface area contributed by atoms with Crippen LogP contribution in [0, 0.1) is 0 Å². The first-order chi connectivity index (χ1) is 8.31. The molecule has 0 atom stereocenters. The van der Waals surface area contributed by atoms with Gasteiger partial charge in [0.1, 0.15) is 13.2 Å². The molecule has 0 amide bonds. The number of hydrogen-bond acceptors (Lipinski definition) is 6. The Morgan fingerprint density at radius 3 is 1.76 bits per heavy atom. The van der Waals surface area contributed by atoms with Gasteiger partial charge >= 0.3 is 0 Å². The van der Waals surface area contributed by atoms with Crippen molar-refractivity contribution in [1.82, 2.24) is 0 Å². The van der Waals surface area contributed by atoms with Gasteiger partial charge in [0.15, 0.2) is 5.78 Å². The maximum absolute atomic E-state index is 11.0. The van der Waals surface area contributed by atoms with E-state index in [1.807, 2.05) is 0 Å². The first-order valence-corrected chi connectivity index (χ1v) is 5.54. The Labute approximate surface area is 102 Å². The first kappa shape index (κ1) is 16.5. The van der Waals surface area contributed by atoms with Crippen molar-refractivity contribution in [2.45, 2.75) is 0 Å². The SMILES string of the molecule is COCCOCCOCCOCC(=O)COC. The quantitative estimate of drug-likeness (QED) is 0.425. The third kappa shape index (κ3) is 13.4. The second-order valence-electron chi connectivity index (χ2n) is 3.24. The van der Waals surface area contributed by atoms with Crippen molar-refractivity contribution in [3.63, 3.8) is 0 Å². The van der Waals surface area contributed by atoms with Crippen LogP contribution in [0.1, 0.15) is 0 Å². The van der Waals surface area contributed by atoms with Gasteiger partial charge in [-0.2, -0.15) is 0 Å². The van der Waals surface area contributed by atoms with E-state index in [0.717, 1.165) is 0 Å². The van der Waals surface area contributed by atoms with Crippen LogP contribution in [0.5, 0.6) is 0 Å². The van der Waals surface area contributed by atoms with Gasteiger partial charge in [-0.3, -0.25) is 4.79 Å². The zero-order valence-electron chi connectivity index (χ0n) is 10.6. The smallest absolute Gasteiger partial charge is 0.183 e. The summed E-state index contributed by atoms with van der Waals surface area (Å²) in [5, 5.41) is 0. The lowest BCUT2D eigenvalue weighted by atomic mass is 10.4. The largest absolute Gasteiger partial charge is 0.382 e. The maximum atomic E-state index is 11.0. The lowest BCUT2D eigenvalue weighted by molar-refractivity contribution is -0.127. The van der Waals surface area contributed by atoms with Gasteiger partial charge in [-0.1, -0.05) is 0 Å². The average molecular weight is 250 g/mol. The molecule has 0 fully saturated rings. The molecule has 0 aliphatic heterocycles. The molecular weight excluding hydrogens is 228 g/mol. The van der Waals surface area contributed by atoms with Crippen LogP contribution in [0.15, 0.2) is 0 Å². The number of ketones is 1. The Hall–Kier alpha value is -0.530. The van der Waals surface area contributed by atoms with Gasteiger partial charge < -0.3 is 23.7 Å². The van der Waals surface area contributed by atoms with E-state index in [1.165, 1.54) is 7.11 Å². The number of carbonyl (C=O) groups excluding carboxylic acids is 1. The highest BCUT2D eigenvalue weighted by Gasteiger charge is 2.00. The topological polar surface area (TPSA) is 63.2 Å². The van der Waals surface area contributed by atoms with Crippen LogP contribution in [-0.4, -0.2) is 72.9 Å². The molecule has 0 spiro atoms. The fourth-order valence-electron chi connectivity index (χ4n) is 0.971. The van der Waals surface area contributed by atoms with Gasteiger partial charge in [0.2, 0.25) is 0 Å². The molecule has 0 rings (SSSR count). The number of hydrogen-bond donors (Lipinski definition) is 0. The first-order valence-electron chi connectivity index (χ1n) is 5.54. The molecule has 0 saturated carbocycles. The highest BCUT2D eigenvalue weighted by molar-refractivity contribution is 5.80. The van der Waals surface area contributed by atoms with E-state index in [1.54, 1.807) is 7.11 Å². The van der Waals surface area contributed by atoms with Crippen LogP contribution in [-0.2, 0) is 28.5 Å². The minimum Gasteiger partial charge on any atom is -0.382 e. The standard InChI is InChI=1S/C11H22O6/c1-13-3-4-15-5-6-16-7-8-17-10-11(12)9-14-2/h3-10H2,1-2H3. The lowest BCUT2D eigenvalue weighted by Gasteiger charge is -2.06. The third-order valence-electron chi connectivity index (χ3n) is 1.74. The van der Waals surface area contributed by atoms with Crippen LogP contribution in [0.2, 0.25) is 0 Å². The molecule has 17 heavy (non-hydrogen) atoms. The molecule has 6 nitrogen and oxygen atoms in total. The minimum absolute atomic E-state index is 0.0710. The van der Waals surface area contributed by atoms with Crippen molar-refractivity contribution >= 4 is 5.78 Å². The number of carbonyl (C=O) groups is 1. The predicted molar refractivity (Wildman–Crippen MR) is 61.2 cm³/mol.